The first kappa shape index (κ1) is 22.1. The normalized spacial score (nSPS) is 30.0. The third kappa shape index (κ3) is 3.82. The van der Waals surface area contributed by atoms with Gasteiger partial charge in [0.05, 0.1) is 17.7 Å². The molecule has 3 aliphatic rings. The molecule has 7 heteroatoms. The average molecular weight is 429 g/mol. The highest BCUT2D eigenvalue weighted by molar-refractivity contribution is 5.85. The van der Waals surface area contributed by atoms with Gasteiger partial charge in [-0.05, 0) is 64.6 Å². The van der Waals surface area contributed by atoms with Gasteiger partial charge in [0.2, 0.25) is 5.91 Å². The molecule has 0 aromatic heterocycles. The van der Waals surface area contributed by atoms with E-state index in [1.165, 1.54) is 5.56 Å². The lowest BCUT2D eigenvalue weighted by Crippen LogP contribution is -2.59. The summed E-state index contributed by atoms with van der Waals surface area (Å²) in [6.45, 7) is 0.994. The van der Waals surface area contributed by atoms with Gasteiger partial charge in [-0.25, -0.2) is 4.79 Å². The zero-order valence-corrected chi connectivity index (χ0v) is 19.1. The molecule has 0 radical (unpaired) electrons. The number of carbonyl (C=O) groups is 2. The van der Waals surface area contributed by atoms with E-state index in [9.17, 15) is 14.7 Å². The van der Waals surface area contributed by atoms with Crippen LogP contribution in [0.1, 0.15) is 50.5 Å². The van der Waals surface area contributed by atoms with Crippen LogP contribution in [0.25, 0.3) is 0 Å². The highest BCUT2D eigenvalue weighted by Gasteiger charge is 2.56. The second-order valence-electron chi connectivity index (χ2n) is 9.99. The summed E-state index contributed by atoms with van der Waals surface area (Å²) < 4.78 is 0. The van der Waals surface area contributed by atoms with Crippen LogP contribution in [0.15, 0.2) is 30.3 Å². The van der Waals surface area contributed by atoms with Crippen molar-refractivity contribution in [1.82, 2.24) is 20.0 Å². The molecule has 0 bridgehead atoms. The number of carbonyl (C=O) groups excluding carboxylic acids is 2. The summed E-state index contributed by atoms with van der Waals surface area (Å²) in [5.74, 6) is -0.157. The maximum Gasteiger partial charge on any atom is 0.321 e. The lowest BCUT2D eigenvalue weighted by Gasteiger charge is -2.52. The Labute approximate surface area is 185 Å². The molecule has 1 aromatic carbocycles. The van der Waals surface area contributed by atoms with Crippen molar-refractivity contribution in [2.75, 3.05) is 40.8 Å². The molecule has 2 aliphatic carbocycles. The minimum absolute atomic E-state index is 0.0667. The molecular formula is C24H36N4O3. The first-order valence-electron chi connectivity index (χ1n) is 11.5. The minimum Gasteiger partial charge on any atom is -0.388 e. The van der Waals surface area contributed by atoms with Gasteiger partial charge in [0.1, 0.15) is 6.54 Å². The maximum atomic E-state index is 13.4. The quantitative estimate of drug-likeness (QED) is 0.728. The molecule has 31 heavy (non-hydrogen) atoms. The molecule has 3 fully saturated rings. The first-order chi connectivity index (χ1) is 14.7. The van der Waals surface area contributed by atoms with Crippen LogP contribution in [0.2, 0.25) is 0 Å². The summed E-state index contributed by atoms with van der Waals surface area (Å²) in [5, 5.41) is 13.5. The van der Waals surface area contributed by atoms with Crippen molar-refractivity contribution < 1.29 is 14.7 Å². The number of nitrogens with zero attached hydrogens (tertiary/aromatic N) is 3. The molecule has 3 amide bonds. The summed E-state index contributed by atoms with van der Waals surface area (Å²) in [6, 6.07) is 10.5. The fourth-order valence-electron chi connectivity index (χ4n) is 5.83. The fraction of sp³-hybridized carbons (Fsp3) is 0.667. The lowest BCUT2D eigenvalue weighted by molar-refractivity contribution is -0.121. The van der Waals surface area contributed by atoms with Gasteiger partial charge in [-0.15, -0.1) is 0 Å². The number of nitrogens with one attached hydrogen (secondary N) is 1. The molecule has 1 saturated heterocycles. The molecule has 1 heterocycles. The number of hydrogen-bond donors (Lipinski definition) is 2. The summed E-state index contributed by atoms with van der Waals surface area (Å²) in [5.41, 5.74) is 0.139. The Morgan fingerprint density at radius 2 is 1.74 bits per heavy atom. The number of hydrogen-bond acceptors (Lipinski definition) is 4. The van der Waals surface area contributed by atoms with E-state index in [1.54, 1.807) is 11.9 Å². The van der Waals surface area contributed by atoms with Gasteiger partial charge in [-0.1, -0.05) is 30.3 Å². The predicted octanol–water partition coefficient (Wildman–Crippen LogP) is 2.15. The zero-order valence-electron chi connectivity index (χ0n) is 19.1. The molecule has 0 unspecified atom stereocenters. The van der Waals surface area contributed by atoms with E-state index in [-0.39, 0.29) is 29.6 Å². The van der Waals surface area contributed by atoms with Crippen LogP contribution in [0.5, 0.6) is 0 Å². The number of urea groups is 1. The van der Waals surface area contributed by atoms with Gasteiger partial charge in [0, 0.05) is 19.1 Å². The SMILES string of the molecule is CNC(=O)CN1C[C@]2(CC[C@](c3ccccc3)(N(C)C)CC2)N(CC2(O)CCC2)C1=O. The van der Waals surface area contributed by atoms with Gasteiger partial charge < -0.3 is 20.2 Å². The summed E-state index contributed by atoms with van der Waals surface area (Å²) in [4.78, 5) is 31.3. The highest BCUT2D eigenvalue weighted by Crippen LogP contribution is 2.49. The Bertz CT molecular complexity index is 813. The molecule has 0 atom stereocenters. The van der Waals surface area contributed by atoms with Gasteiger partial charge in [-0.2, -0.15) is 0 Å². The Morgan fingerprint density at radius 1 is 1.10 bits per heavy atom. The topological polar surface area (TPSA) is 76.1 Å². The van der Waals surface area contributed by atoms with Crippen molar-refractivity contribution in [3.8, 4) is 0 Å². The largest absolute Gasteiger partial charge is 0.388 e. The maximum absolute atomic E-state index is 13.4. The van der Waals surface area contributed by atoms with E-state index in [4.69, 9.17) is 0 Å². The molecule has 7 nitrogen and oxygen atoms in total. The third-order valence-corrected chi connectivity index (χ3v) is 8.08. The standard InChI is InChI=1S/C24H36N4O3/c1-25-20(29)16-27-17-22(28(21(27)30)18-23(31)10-7-11-23)12-14-24(15-13-22,26(2)3)19-8-5-4-6-9-19/h4-6,8-9,31H,7,10-18H2,1-3H3,(H,25,29)/t22-,24+. The Balaban J connectivity index is 1.60. The smallest absolute Gasteiger partial charge is 0.321 e. The van der Waals surface area contributed by atoms with Crippen LogP contribution >= 0.6 is 0 Å². The third-order valence-electron chi connectivity index (χ3n) is 8.08. The fourth-order valence-corrected chi connectivity index (χ4v) is 5.83. The number of benzene rings is 1. The van der Waals surface area contributed by atoms with E-state index < -0.39 is 5.60 Å². The summed E-state index contributed by atoms with van der Waals surface area (Å²) in [7, 11) is 5.87. The van der Waals surface area contributed by atoms with Crippen molar-refractivity contribution in [3.05, 3.63) is 35.9 Å². The Kier molecular flexibility index (Phi) is 5.77. The van der Waals surface area contributed by atoms with E-state index in [1.807, 2.05) is 11.0 Å². The highest BCUT2D eigenvalue weighted by atomic mass is 16.3. The molecular weight excluding hydrogens is 392 g/mol. The van der Waals surface area contributed by atoms with Crippen LogP contribution in [-0.4, -0.2) is 83.7 Å². The van der Waals surface area contributed by atoms with Crippen LogP contribution < -0.4 is 5.32 Å². The van der Waals surface area contributed by atoms with Crippen molar-refractivity contribution in [2.24, 2.45) is 0 Å². The molecule has 1 aromatic rings. The lowest BCUT2D eigenvalue weighted by atomic mass is 9.67. The van der Waals surface area contributed by atoms with E-state index in [2.05, 4.69) is 48.6 Å². The molecule has 2 N–H and O–H groups in total. The van der Waals surface area contributed by atoms with Crippen LogP contribution in [0.3, 0.4) is 0 Å². The summed E-state index contributed by atoms with van der Waals surface area (Å²) in [6.07, 6.45) is 6.06. The van der Waals surface area contributed by atoms with Crippen molar-refractivity contribution >= 4 is 11.9 Å². The van der Waals surface area contributed by atoms with Gasteiger partial charge in [0.25, 0.3) is 0 Å². The van der Waals surface area contributed by atoms with Crippen molar-refractivity contribution in [2.45, 2.75) is 61.6 Å². The monoisotopic (exact) mass is 428 g/mol. The van der Waals surface area contributed by atoms with Gasteiger partial charge in [0.15, 0.2) is 0 Å². The molecule has 1 aliphatic heterocycles. The Hall–Kier alpha value is -2.12. The Morgan fingerprint density at radius 3 is 2.26 bits per heavy atom. The average Bonchev–Trinajstić information content (AvgIpc) is 2.99. The number of aliphatic hydroxyl groups is 1. The molecule has 4 rings (SSSR count). The van der Waals surface area contributed by atoms with Gasteiger partial charge >= 0.3 is 6.03 Å². The van der Waals surface area contributed by atoms with Crippen LogP contribution in [0, 0.1) is 0 Å². The van der Waals surface area contributed by atoms with Crippen LogP contribution in [0.4, 0.5) is 4.79 Å². The predicted molar refractivity (Wildman–Crippen MR) is 120 cm³/mol. The minimum atomic E-state index is -0.777. The van der Waals surface area contributed by atoms with Gasteiger partial charge in [-0.3, -0.25) is 9.69 Å². The number of amides is 3. The number of β-amino-alcohol motifs (C(OH)–C–C–N with tert-alkyl or cyclic N) is 1. The number of rotatable bonds is 6. The number of likely N-dealkylation sites (N-methyl/N-ethyl adjacent to an activating group) is 1. The van der Waals surface area contributed by atoms with Crippen LogP contribution in [-0.2, 0) is 10.3 Å². The zero-order chi connectivity index (χ0) is 22.3. The molecule has 2 saturated carbocycles. The molecule has 170 valence electrons. The second kappa shape index (κ2) is 8.10. The first-order valence-corrected chi connectivity index (χ1v) is 11.5. The van der Waals surface area contributed by atoms with E-state index in [0.29, 0.717) is 13.1 Å². The second-order valence-corrected chi connectivity index (χ2v) is 9.99. The van der Waals surface area contributed by atoms with E-state index in [0.717, 1.165) is 44.9 Å². The molecule has 1 spiro atoms. The van der Waals surface area contributed by atoms with Crippen molar-refractivity contribution in [3.63, 3.8) is 0 Å². The van der Waals surface area contributed by atoms with E-state index >= 15 is 0 Å². The van der Waals surface area contributed by atoms with Crippen molar-refractivity contribution in [1.29, 1.82) is 0 Å². The summed E-state index contributed by atoms with van der Waals surface area (Å²) >= 11 is 0.